The maximum atomic E-state index is 13.6. The van der Waals surface area contributed by atoms with Crippen molar-refractivity contribution in [1.82, 2.24) is 14.0 Å². The van der Waals surface area contributed by atoms with Gasteiger partial charge in [0.2, 0.25) is 5.91 Å². The lowest BCUT2D eigenvalue weighted by atomic mass is 10.2. The molecule has 0 aliphatic carbocycles. The first kappa shape index (κ1) is 26.6. The van der Waals surface area contributed by atoms with Crippen LogP contribution in [0.3, 0.4) is 0 Å². The number of nitrogens with one attached hydrogen (secondary N) is 1. The number of hydrogen-bond donors (Lipinski definition) is 1. The van der Waals surface area contributed by atoms with Crippen LogP contribution in [0.25, 0.3) is 15.9 Å². The fourth-order valence-corrected chi connectivity index (χ4v) is 5.26. The number of amides is 2. The van der Waals surface area contributed by atoms with Crippen molar-refractivity contribution in [1.29, 1.82) is 0 Å². The Balaban J connectivity index is 1.89. The van der Waals surface area contributed by atoms with Crippen LogP contribution in [0.15, 0.2) is 52.1 Å². The number of aryl methyl sites for hydroxylation is 1. The summed E-state index contributed by atoms with van der Waals surface area (Å²) in [5.41, 5.74) is -0.621. The number of methoxy groups -OCH3 is 2. The van der Waals surface area contributed by atoms with E-state index in [1.165, 1.54) is 31.3 Å². The quantitative estimate of drug-likeness (QED) is 0.386. The largest absolute Gasteiger partial charge is 0.497 e. The molecule has 38 heavy (non-hydrogen) atoms. The van der Waals surface area contributed by atoms with E-state index in [1.54, 1.807) is 39.2 Å². The van der Waals surface area contributed by atoms with E-state index in [1.807, 2.05) is 0 Å². The Hall–Kier alpha value is -4.45. The third-order valence-electron chi connectivity index (χ3n) is 5.88. The summed E-state index contributed by atoms with van der Waals surface area (Å²) in [4.78, 5) is 54.9. The number of carbonyl (C=O) groups is 2. The second-order valence-electron chi connectivity index (χ2n) is 8.54. The highest BCUT2D eigenvalue weighted by Gasteiger charge is 2.25. The maximum absolute atomic E-state index is 13.6. The van der Waals surface area contributed by atoms with Gasteiger partial charge in [0.15, 0.2) is 0 Å². The van der Waals surface area contributed by atoms with Gasteiger partial charge in [0, 0.05) is 20.2 Å². The summed E-state index contributed by atoms with van der Waals surface area (Å²) in [5, 5.41) is 2.83. The molecule has 0 unspecified atom stereocenters. The van der Waals surface area contributed by atoms with Gasteiger partial charge in [-0.2, -0.15) is 0 Å². The summed E-state index contributed by atoms with van der Waals surface area (Å²) in [6.07, 6.45) is 0. The van der Waals surface area contributed by atoms with Gasteiger partial charge in [0.25, 0.3) is 11.5 Å². The first-order valence-electron chi connectivity index (χ1n) is 11.4. The molecule has 0 saturated heterocycles. The molecule has 2 amide bonds. The van der Waals surface area contributed by atoms with Crippen molar-refractivity contribution in [3.05, 3.63) is 79.6 Å². The number of anilines is 1. The monoisotopic (exact) mass is 540 g/mol. The fourth-order valence-electron chi connectivity index (χ4n) is 3.95. The molecule has 0 spiro atoms. The van der Waals surface area contributed by atoms with Crippen LogP contribution in [0, 0.1) is 12.7 Å². The van der Waals surface area contributed by atoms with Crippen LogP contribution in [0.5, 0.6) is 11.5 Å². The number of carbonyl (C=O) groups excluding carboxylic acids is 2. The molecule has 4 aromatic rings. The highest BCUT2D eigenvalue weighted by atomic mass is 32.1. The van der Waals surface area contributed by atoms with Crippen molar-refractivity contribution >= 4 is 39.1 Å². The van der Waals surface area contributed by atoms with Crippen LogP contribution in [0.4, 0.5) is 10.1 Å². The number of fused-ring (bicyclic) bond motifs is 1. The molecule has 0 aliphatic heterocycles. The van der Waals surface area contributed by atoms with E-state index in [4.69, 9.17) is 9.47 Å². The van der Waals surface area contributed by atoms with Crippen LogP contribution < -0.4 is 26.0 Å². The lowest BCUT2D eigenvalue weighted by Crippen LogP contribution is -2.40. The van der Waals surface area contributed by atoms with Gasteiger partial charge >= 0.3 is 5.69 Å². The minimum absolute atomic E-state index is 0.124. The topological polar surface area (TPSA) is 112 Å². The fraction of sp³-hybridized carbons (Fsp3) is 0.231. The van der Waals surface area contributed by atoms with Gasteiger partial charge in [-0.25, -0.2) is 13.8 Å². The predicted octanol–water partition coefficient (Wildman–Crippen LogP) is 3.02. The average molecular weight is 541 g/mol. The number of halogens is 1. The van der Waals surface area contributed by atoms with Crippen molar-refractivity contribution in [3.63, 3.8) is 0 Å². The molecule has 10 nitrogen and oxygen atoms in total. The number of rotatable bonds is 7. The third-order valence-corrected chi connectivity index (χ3v) is 7.19. The Bertz CT molecular complexity index is 1670. The van der Waals surface area contributed by atoms with E-state index in [-0.39, 0.29) is 26.7 Å². The molecule has 0 fully saturated rings. The molecule has 0 bridgehead atoms. The maximum Gasteiger partial charge on any atom is 0.337 e. The molecule has 0 saturated carbocycles. The molecule has 4 rings (SSSR count). The minimum atomic E-state index is -0.809. The number of thiophene rings is 1. The van der Waals surface area contributed by atoms with Gasteiger partial charge in [-0.1, -0.05) is 0 Å². The zero-order chi connectivity index (χ0) is 27.7. The standard InChI is InChI=1S/C26H25FN4O6S/c1-14-21-23(33)31(16-8-6-15(27)7-9-16)26(35)30(25(21)38-22(14)24(34)29(2)3)13-20(32)28-18-11-10-17(36-4)12-19(18)37-5/h6-12H,13H2,1-5H3,(H,28,32). The first-order valence-corrected chi connectivity index (χ1v) is 12.2. The second kappa shape index (κ2) is 10.5. The Morgan fingerprint density at radius 1 is 1.05 bits per heavy atom. The summed E-state index contributed by atoms with van der Waals surface area (Å²) in [6.45, 7) is 1.14. The number of nitrogens with zero attached hydrogens (tertiary/aromatic N) is 3. The number of ether oxygens (including phenoxy) is 2. The van der Waals surface area contributed by atoms with Crippen molar-refractivity contribution in [2.45, 2.75) is 13.5 Å². The molecule has 2 aromatic heterocycles. The van der Waals surface area contributed by atoms with E-state index in [9.17, 15) is 23.6 Å². The van der Waals surface area contributed by atoms with Gasteiger partial charge in [0.05, 0.1) is 35.9 Å². The first-order chi connectivity index (χ1) is 18.1. The highest BCUT2D eigenvalue weighted by Crippen LogP contribution is 2.31. The molecule has 198 valence electrons. The molecule has 0 radical (unpaired) electrons. The van der Waals surface area contributed by atoms with E-state index < -0.39 is 29.5 Å². The summed E-state index contributed by atoms with van der Waals surface area (Å²) in [6, 6.07) is 9.67. The summed E-state index contributed by atoms with van der Waals surface area (Å²) in [7, 11) is 6.09. The Morgan fingerprint density at radius 3 is 2.34 bits per heavy atom. The molecule has 2 heterocycles. The Labute approximate surface area is 220 Å². The lowest BCUT2D eigenvalue weighted by Gasteiger charge is -2.14. The van der Waals surface area contributed by atoms with Gasteiger partial charge in [-0.15, -0.1) is 11.3 Å². The number of benzene rings is 2. The minimum Gasteiger partial charge on any atom is -0.497 e. The zero-order valence-electron chi connectivity index (χ0n) is 21.3. The van der Waals surface area contributed by atoms with E-state index in [2.05, 4.69) is 5.32 Å². The molecule has 2 aromatic carbocycles. The lowest BCUT2D eigenvalue weighted by molar-refractivity contribution is -0.116. The van der Waals surface area contributed by atoms with E-state index >= 15 is 0 Å². The van der Waals surface area contributed by atoms with Crippen molar-refractivity contribution in [2.75, 3.05) is 33.6 Å². The van der Waals surface area contributed by atoms with Crippen LogP contribution >= 0.6 is 11.3 Å². The van der Waals surface area contributed by atoms with Crippen LogP contribution in [-0.4, -0.2) is 54.2 Å². The van der Waals surface area contributed by atoms with Gasteiger partial charge in [-0.3, -0.25) is 19.0 Å². The second-order valence-corrected chi connectivity index (χ2v) is 9.54. The Morgan fingerprint density at radius 2 is 1.74 bits per heavy atom. The number of hydrogen-bond acceptors (Lipinski definition) is 7. The smallest absolute Gasteiger partial charge is 0.337 e. The predicted molar refractivity (Wildman–Crippen MR) is 143 cm³/mol. The van der Waals surface area contributed by atoms with Gasteiger partial charge in [-0.05, 0) is 48.9 Å². The SMILES string of the molecule is COc1ccc(NC(=O)Cn2c(=O)n(-c3ccc(F)cc3)c(=O)c3c(C)c(C(=O)N(C)C)sc32)c(OC)c1. The third kappa shape index (κ3) is 4.77. The summed E-state index contributed by atoms with van der Waals surface area (Å²) < 4.78 is 26.1. The van der Waals surface area contributed by atoms with Crippen molar-refractivity contribution in [2.24, 2.45) is 0 Å². The van der Waals surface area contributed by atoms with E-state index in [0.29, 0.717) is 22.7 Å². The van der Waals surface area contributed by atoms with Crippen LogP contribution in [0.2, 0.25) is 0 Å². The molecule has 12 heteroatoms. The molecule has 1 N–H and O–H groups in total. The molecule has 0 atom stereocenters. The van der Waals surface area contributed by atoms with Crippen LogP contribution in [0.1, 0.15) is 15.2 Å². The summed E-state index contributed by atoms with van der Waals surface area (Å²) >= 11 is 0.960. The highest BCUT2D eigenvalue weighted by molar-refractivity contribution is 7.20. The number of aromatic nitrogens is 2. The van der Waals surface area contributed by atoms with Crippen LogP contribution in [-0.2, 0) is 11.3 Å². The molecular formula is C26H25FN4O6S. The molecular weight excluding hydrogens is 515 g/mol. The Kier molecular flexibility index (Phi) is 7.35. The average Bonchev–Trinajstić information content (AvgIpc) is 3.24. The molecule has 0 aliphatic rings. The van der Waals surface area contributed by atoms with Gasteiger partial charge in [0.1, 0.15) is 28.7 Å². The zero-order valence-corrected chi connectivity index (χ0v) is 22.1. The van der Waals surface area contributed by atoms with Crippen molar-refractivity contribution in [3.8, 4) is 17.2 Å². The van der Waals surface area contributed by atoms with Gasteiger partial charge < -0.3 is 19.7 Å². The summed E-state index contributed by atoms with van der Waals surface area (Å²) in [5.74, 6) is -0.592. The normalized spacial score (nSPS) is 10.9. The van der Waals surface area contributed by atoms with E-state index in [0.717, 1.165) is 32.6 Å². The van der Waals surface area contributed by atoms with Crippen molar-refractivity contribution < 1.29 is 23.5 Å².